The number of rotatable bonds is 10. The van der Waals surface area contributed by atoms with Crippen molar-refractivity contribution in [2.75, 3.05) is 19.8 Å². The Hall–Kier alpha value is -1.91. The second-order valence-corrected chi connectivity index (χ2v) is 10.9. The van der Waals surface area contributed by atoms with Crippen LogP contribution in [-0.4, -0.2) is 208 Å². The minimum Gasteiger partial charge on any atom is -0.506 e. The van der Waals surface area contributed by atoms with Crippen LogP contribution in [0.3, 0.4) is 0 Å². The number of hydrogen-bond acceptors (Lipinski definition) is 21. The zero-order chi connectivity index (χ0) is 34.2. The van der Waals surface area contributed by atoms with Gasteiger partial charge in [0.1, 0.15) is 85.5 Å². The minimum absolute atomic E-state index is 0.863. The number of carboxylic acid groups (broad SMARTS) is 1. The first-order chi connectivity index (χ1) is 21.7. The lowest BCUT2D eigenvalue weighted by atomic mass is 9.96. The van der Waals surface area contributed by atoms with Crippen LogP contribution < -0.4 is 0 Å². The zero-order valence-corrected chi connectivity index (χ0v) is 23.5. The van der Waals surface area contributed by atoms with Crippen LogP contribution in [-0.2, 0) is 38.0 Å². The van der Waals surface area contributed by atoms with Crippen molar-refractivity contribution in [3.05, 3.63) is 11.5 Å². The van der Waals surface area contributed by atoms with Crippen LogP contribution in [0.4, 0.5) is 0 Å². The van der Waals surface area contributed by atoms with Crippen molar-refractivity contribution in [1.82, 2.24) is 0 Å². The lowest BCUT2D eigenvalue weighted by Crippen LogP contribution is -2.67. The van der Waals surface area contributed by atoms with E-state index in [4.69, 9.17) is 33.2 Å². The van der Waals surface area contributed by atoms with Crippen LogP contribution in [0.25, 0.3) is 0 Å². The van der Waals surface area contributed by atoms with Gasteiger partial charge in [0.25, 0.3) is 0 Å². The van der Waals surface area contributed by atoms with Crippen molar-refractivity contribution in [3.63, 3.8) is 0 Å². The second-order valence-electron chi connectivity index (χ2n) is 10.9. The Balaban J connectivity index is 1.60. The van der Waals surface area contributed by atoms with Gasteiger partial charge in [0.2, 0.25) is 12.0 Å². The molecule has 0 amide bonds. The highest BCUT2D eigenvalue weighted by molar-refractivity contribution is 5.85. The van der Waals surface area contributed by atoms with E-state index in [1.165, 1.54) is 0 Å². The van der Waals surface area contributed by atoms with E-state index in [-0.39, 0.29) is 0 Å². The summed E-state index contributed by atoms with van der Waals surface area (Å²) in [7, 11) is 0. The summed E-state index contributed by atoms with van der Waals surface area (Å²) in [5, 5.41) is 142. The van der Waals surface area contributed by atoms with Crippen molar-refractivity contribution in [2.45, 2.75) is 111 Å². The molecule has 0 aromatic carbocycles. The maximum atomic E-state index is 11.5. The number of ether oxygens (including phenoxy) is 7. The van der Waals surface area contributed by atoms with Gasteiger partial charge in [-0.3, -0.25) is 0 Å². The summed E-state index contributed by atoms with van der Waals surface area (Å²) in [4.78, 5) is 11.5. The highest BCUT2D eigenvalue weighted by Gasteiger charge is 2.55. The fourth-order valence-electron chi connectivity index (χ4n) is 5.30. The fraction of sp³-hybridized carbons (Fsp3) is 0.875. The molecule has 4 aliphatic rings. The number of carbonyl (C=O) groups is 1. The van der Waals surface area contributed by atoms with Crippen LogP contribution in [0, 0.1) is 0 Å². The molecule has 3 fully saturated rings. The molecule has 0 saturated carbocycles. The quantitative estimate of drug-likeness (QED) is 0.102. The van der Waals surface area contributed by atoms with Gasteiger partial charge in [-0.1, -0.05) is 0 Å². The Kier molecular flexibility index (Phi) is 12.1. The molecular weight excluding hydrogens is 640 g/mol. The largest absolute Gasteiger partial charge is 0.506 e. The highest BCUT2D eigenvalue weighted by Crippen LogP contribution is 2.35. The Bertz CT molecular complexity index is 1060. The Morgan fingerprint density at radius 2 is 1.09 bits per heavy atom. The van der Waals surface area contributed by atoms with Crippen LogP contribution >= 0.6 is 0 Å². The normalized spacial score (nSPS) is 48.6. The molecule has 14 N–H and O–H groups in total. The molecule has 0 spiro atoms. The van der Waals surface area contributed by atoms with Gasteiger partial charge < -0.3 is 105 Å². The van der Waals surface area contributed by atoms with Gasteiger partial charge >= 0.3 is 5.97 Å². The van der Waals surface area contributed by atoms with E-state index in [0.29, 0.717) is 0 Å². The number of hydrogen-bond donors (Lipinski definition) is 14. The monoisotopic (exact) mass is 678 g/mol. The van der Waals surface area contributed by atoms with Crippen molar-refractivity contribution in [2.24, 2.45) is 0 Å². The number of aliphatic hydroxyl groups excluding tert-OH is 13. The van der Waals surface area contributed by atoms with Crippen LogP contribution in [0.5, 0.6) is 0 Å². The number of carboxylic acids is 1. The third-order valence-corrected chi connectivity index (χ3v) is 7.90. The molecule has 0 aromatic heterocycles. The van der Waals surface area contributed by atoms with Gasteiger partial charge in [0, 0.05) is 0 Å². The highest BCUT2D eigenvalue weighted by atomic mass is 16.8. The average Bonchev–Trinajstić information content (AvgIpc) is 3.03. The van der Waals surface area contributed by atoms with Crippen LogP contribution in [0.2, 0.25) is 0 Å². The van der Waals surface area contributed by atoms with Gasteiger partial charge in [0.05, 0.1) is 19.8 Å². The van der Waals surface area contributed by atoms with E-state index in [1.54, 1.807) is 0 Å². The summed E-state index contributed by atoms with van der Waals surface area (Å²) < 4.78 is 37.4. The standard InChI is InChI=1S/C24H38O22/c25-1-4-7(28)10(31)19(46-22-14(35)9(30)11(32)18(45-22)20(37)38)24(42-4)44-17-8(29)5(2-26)41-23(15(17)36)43-16-6(3-27)40-21(39)13(34)12(16)33/h4-10,12-17,19,21-36,39H,1-3H2,(H,37,38)/t4-,5-,6-,7-,8-,9+,10+,12-,13-,14-,15-,16-,17+,19+,21-,22+,23+,24-/m1/s1. The fourth-order valence-corrected chi connectivity index (χ4v) is 5.30. The van der Waals surface area contributed by atoms with Gasteiger partial charge in [-0.15, -0.1) is 0 Å². The van der Waals surface area contributed by atoms with E-state index in [1.807, 2.05) is 0 Å². The molecule has 266 valence electrons. The maximum absolute atomic E-state index is 11.5. The summed E-state index contributed by atoms with van der Waals surface area (Å²) in [6.45, 7) is -2.74. The molecule has 18 atom stereocenters. The van der Waals surface area contributed by atoms with Gasteiger partial charge in [0.15, 0.2) is 24.6 Å². The average molecular weight is 679 g/mol. The summed E-state index contributed by atoms with van der Waals surface area (Å²) in [5.74, 6) is -4.39. The maximum Gasteiger partial charge on any atom is 0.375 e. The predicted octanol–water partition coefficient (Wildman–Crippen LogP) is -8.62. The third kappa shape index (κ3) is 7.09. The Morgan fingerprint density at radius 1 is 0.565 bits per heavy atom. The molecule has 22 nitrogen and oxygen atoms in total. The Morgan fingerprint density at radius 3 is 1.67 bits per heavy atom. The molecular formula is C24H38O22. The molecule has 46 heavy (non-hydrogen) atoms. The second kappa shape index (κ2) is 15.1. The first kappa shape index (κ1) is 36.9. The van der Waals surface area contributed by atoms with Crippen molar-refractivity contribution in [1.29, 1.82) is 0 Å². The molecule has 0 aliphatic carbocycles. The summed E-state index contributed by atoms with van der Waals surface area (Å²) in [5.41, 5.74) is 0. The smallest absolute Gasteiger partial charge is 0.375 e. The van der Waals surface area contributed by atoms with Gasteiger partial charge in [-0.05, 0) is 0 Å². The van der Waals surface area contributed by atoms with E-state index in [2.05, 4.69) is 0 Å². The first-order valence-electron chi connectivity index (χ1n) is 13.9. The molecule has 3 saturated heterocycles. The van der Waals surface area contributed by atoms with Crippen molar-refractivity contribution >= 4 is 5.97 Å². The summed E-state index contributed by atoms with van der Waals surface area (Å²) in [6.07, 6.45) is -34.8. The van der Waals surface area contributed by atoms with Crippen LogP contribution in [0.1, 0.15) is 0 Å². The minimum atomic E-state index is -2.26. The first-order valence-corrected chi connectivity index (χ1v) is 13.9. The van der Waals surface area contributed by atoms with Crippen molar-refractivity contribution in [3.8, 4) is 0 Å². The lowest BCUT2D eigenvalue weighted by molar-refractivity contribution is -0.388. The molecule has 0 bridgehead atoms. The van der Waals surface area contributed by atoms with Crippen molar-refractivity contribution < 1.29 is 109 Å². The number of aliphatic carboxylic acids is 1. The number of aliphatic hydroxyl groups is 13. The molecule has 22 heteroatoms. The van der Waals surface area contributed by atoms with Gasteiger partial charge in [-0.2, -0.15) is 0 Å². The van der Waals surface area contributed by atoms with E-state index in [0.717, 1.165) is 0 Å². The van der Waals surface area contributed by atoms with Crippen LogP contribution in [0.15, 0.2) is 11.5 Å². The summed E-state index contributed by atoms with van der Waals surface area (Å²) >= 11 is 0. The summed E-state index contributed by atoms with van der Waals surface area (Å²) in [6, 6.07) is 0. The van der Waals surface area contributed by atoms with E-state index in [9.17, 15) is 76.3 Å². The molecule has 4 aliphatic heterocycles. The van der Waals surface area contributed by atoms with E-state index >= 15 is 0 Å². The third-order valence-electron chi connectivity index (χ3n) is 7.90. The van der Waals surface area contributed by atoms with Gasteiger partial charge in [-0.25, -0.2) is 4.79 Å². The topological polar surface area (TPSA) is 365 Å². The molecule has 0 radical (unpaired) electrons. The lowest BCUT2D eigenvalue weighted by Gasteiger charge is -2.48. The molecule has 0 unspecified atom stereocenters. The molecule has 4 rings (SSSR count). The molecule has 0 aromatic rings. The predicted molar refractivity (Wildman–Crippen MR) is 134 cm³/mol. The molecule has 4 heterocycles. The van der Waals surface area contributed by atoms with E-state index < -0.39 is 148 Å². The SMILES string of the molecule is O=C(O)C1=C(O)[C@H](O)[C@@H](O)[C@H](O[C@@H]2[C@@H](O[C@@H]3[C@@H](O)[C@H](O[C@H]4[C@H](O)[C@@H](O)[C@H](O)O[C@@H]4CO)O[C@H](CO)[C@H]3O)O[C@H](CO)[C@@H](O)[C@@H]2O)O1. The zero-order valence-electron chi connectivity index (χ0n) is 23.5. The Labute approximate surface area is 257 Å².